The van der Waals surface area contributed by atoms with Crippen LogP contribution in [0.25, 0.3) is 0 Å². The van der Waals surface area contributed by atoms with Crippen molar-refractivity contribution in [2.75, 3.05) is 54.2 Å². The molecule has 0 spiro atoms. The van der Waals surface area contributed by atoms with Crippen LogP contribution in [0, 0.1) is 5.92 Å². The summed E-state index contributed by atoms with van der Waals surface area (Å²) in [6.45, 7) is 2.78. The van der Waals surface area contributed by atoms with E-state index in [9.17, 15) is 8.42 Å². The summed E-state index contributed by atoms with van der Waals surface area (Å²) in [5, 5.41) is 0. The molecule has 0 atom stereocenters. The summed E-state index contributed by atoms with van der Waals surface area (Å²) < 4.78 is 48.1. The van der Waals surface area contributed by atoms with Gasteiger partial charge in [0.1, 0.15) is 0 Å². The highest BCUT2D eigenvalue weighted by Gasteiger charge is 2.30. The first kappa shape index (κ1) is 20.0. The lowest BCUT2D eigenvalue weighted by Crippen LogP contribution is -2.39. The van der Waals surface area contributed by atoms with Crippen LogP contribution >= 0.6 is 0 Å². The number of ether oxygens (including phenoxy) is 4. The second-order valence-corrected chi connectivity index (χ2v) is 7.87. The van der Waals surface area contributed by atoms with Gasteiger partial charge in [0.05, 0.1) is 32.3 Å². The standard InChI is InChI=1S/C17H27NO6S/c1-21-10-11-24-13-14-6-8-18(9-7-14)25(19,20)15-4-5-16(22-2)17(12-15)23-3/h4-5,12,14H,6-11,13H2,1-3H3. The molecule has 0 bridgehead atoms. The van der Waals surface area contributed by atoms with Gasteiger partial charge in [-0.2, -0.15) is 4.31 Å². The maximum atomic E-state index is 12.8. The highest BCUT2D eigenvalue weighted by molar-refractivity contribution is 7.89. The van der Waals surface area contributed by atoms with Crippen LogP contribution in [0.3, 0.4) is 0 Å². The molecule has 0 unspecified atom stereocenters. The Morgan fingerprint density at radius 2 is 1.72 bits per heavy atom. The zero-order valence-corrected chi connectivity index (χ0v) is 15.9. The van der Waals surface area contributed by atoms with E-state index in [2.05, 4.69) is 0 Å². The summed E-state index contributed by atoms with van der Waals surface area (Å²) in [7, 11) is 1.11. The molecule has 7 nitrogen and oxygen atoms in total. The Hall–Kier alpha value is -1.35. The lowest BCUT2D eigenvalue weighted by molar-refractivity contribution is 0.0410. The van der Waals surface area contributed by atoms with Crippen molar-refractivity contribution in [2.24, 2.45) is 5.92 Å². The van der Waals surface area contributed by atoms with Crippen molar-refractivity contribution in [2.45, 2.75) is 17.7 Å². The van der Waals surface area contributed by atoms with Gasteiger partial charge in [-0.15, -0.1) is 0 Å². The molecule has 1 aliphatic heterocycles. The van der Waals surface area contributed by atoms with Gasteiger partial charge in [-0.25, -0.2) is 8.42 Å². The predicted molar refractivity (Wildman–Crippen MR) is 93.7 cm³/mol. The van der Waals surface area contributed by atoms with Gasteiger partial charge >= 0.3 is 0 Å². The molecule has 1 aliphatic rings. The summed E-state index contributed by atoms with van der Waals surface area (Å²) in [6, 6.07) is 4.67. The van der Waals surface area contributed by atoms with Crippen LogP contribution in [0.4, 0.5) is 0 Å². The van der Waals surface area contributed by atoms with Crippen molar-refractivity contribution in [3.8, 4) is 11.5 Å². The molecule has 0 radical (unpaired) electrons. The molecule has 0 saturated carbocycles. The molecule has 0 amide bonds. The second kappa shape index (κ2) is 9.38. The van der Waals surface area contributed by atoms with E-state index in [-0.39, 0.29) is 4.90 Å². The fraction of sp³-hybridized carbons (Fsp3) is 0.647. The van der Waals surface area contributed by atoms with E-state index in [0.29, 0.717) is 50.3 Å². The molecule has 0 N–H and O–H groups in total. The van der Waals surface area contributed by atoms with Gasteiger partial charge in [0.15, 0.2) is 11.5 Å². The third kappa shape index (κ3) is 5.07. The largest absolute Gasteiger partial charge is 0.493 e. The molecule has 1 aromatic rings. The Kier molecular flexibility index (Phi) is 7.49. The number of nitrogens with zero attached hydrogens (tertiary/aromatic N) is 1. The Balaban J connectivity index is 1.97. The van der Waals surface area contributed by atoms with Crippen LogP contribution < -0.4 is 9.47 Å². The second-order valence-electron chi connectivity index (χ2n) is 5.93. The van der Waals surface area contributed by atoms with Gasteiger partial charge in [0, 0.05) is 32.9 Å². The fourth-order valence-corrected chi connectivity index (χ4v) is 4.32. The SMILES string of the molecule is COCCOCC1CCN(S(=O)(=O)c2ccc(OC)c(OC)c2)CC1. The predicted octanol–water partition coefficient (Wildman–Crippen LogP) is 1.77. The number of sulfonamides is 1. The van der Waals surface area contributed by atoms with Crippen molar-refractivity contribution in [3.63, 3.8) is 0 Å². The zero-order chi connectivity index (χ0) is 18.3. The lowest BCUT2D eigenvalue weighted by atomic mass is 9.99. The summed E-state index contributed by atoms with van der Waals surface area (Å²) >= 11 is 0. The quantitative estimate of drug-likeness (QED) is 0.614. The average molecular weight is 373 g/mol. The normalized spacial score (nSPS) is 16.8. The van der Waals surface area contributed by atoms with E-state index < -0.39 is 10.0 Å². The summed E-state index contributed by atoms with van der Waals surface area (Å²) in [4.78, 5) is 0.222. The van der Waals surface area contributed by atoms with E-state index in [1.807, 2.05) is 0 Å². The first-order valence-corrected chi connectivity index (χ1v) is 9.75. The van der Waals surface area contributed by atoms with Gasteiger partial charge in [-0.1, -0.05) is 0 Å². The summed E-state index contributed by atoms with van der Waals surface area (Å²) in [6.07, 6.45) is 1.58. The van der Waals surface area contributed by atoms with E-state index in [1.54, 1.807) is 19.2 Å². The molecule has 0 aliphatic carbocycles. The van der Waals surface area contributed by atoms with Crippen molar-refractivity contribution in [3.05, 3.63) is 18.2 Å². The number of rotatable bonds is 9. The van der Waals surface area contributed by atoms with Crippen molar-refractivity contribution in [1.82, 2.24) is 4.31 Å². The summed E-state index contributed by atoms with van der Waals surface area (Å²) in [5.74, 6) is 1.30. The molecule has 2 rings (SSSR count). The number of hydrogen-bond donors (Lipinski definition) is 0. The monoisotopic (exact) mass is 373 g/mol. The molecule has 142 valence electrons. The minimum absolute atomic E-state index is 0.222. The molecule has 1 heterocycles. The molecular formula is C17H27NO6S. The van der Waals surface area contributed by atoms with Crippen LogP contribution in [0.2, 0.25) is 0 Å². The van der Waals surface area contributed by atoms with Gasteiger partial charge < -0.3 is 18.9 Å². The van der Waals surface area contributed by atoms with E-state index in [4.69, 9.17) is 18.9 Å². The molecular weight excluding hydrogens is 346 g/mol. The highest BCUT2D eigenvalue weighted by atomic mass is 32.2. The fourth-order valence-electron chi connectivity index (χ4n) is 2.83. The third-order valence-electron chi connectivity index (χ3n) is 4.35. The number of benzene rings is 1. The van der Waals surface area contributed by atoms with Crippen molar-refractivity contribution in [1.29, 1.82) is 0 Å². The van der Waals surface area contributed by atoms with Crippen LogP contribution in [-0.4, -0.2) is 67.0 Å². The van der Waals surface area contributed by atoms with E-state index in [0.717, 1.165) is 12.8 Å². The number of hydrogen-bond acceptors (Lipinski definition) is 6. The van der Waals surface area contributed by atoms with Crippen LogP contribution in [0.5, 0.6) is 11.5 Å². The van der Waals surface area contributed by atoms with Gasteiger partial charge in [-0.05, 0) is 30.9 Å². The Morgan fingerprint density at radius 1 is 1.04 bits per heavy atom. The van der Waals surface area contributed by atoms with Crippen LogP contribution in [0.15, 0.2) is 23.1 Å². The molecule has 25 heavy (non-hydrogen) atoms. The van der Waals surface area contributed by atoms with Crippen molar-refractivity contribution >= 4 is 10.0 Å². The van der Waals surface area contributed by atoms with Crippen LogP contribution in [-0.2, 0) is 19.5 Å². The zero-order valence-electron chi connectivity index (χ0n) is 15.1. The molecule has 1 saturated heterocycles. The first-order chi connectivity index (χ1) is 12.0. The Bertz CT molecular complexity index is 641. The van der Waals surface area contributed by atoms with Crippen LogP contribution in [0.1, 0.15) is 12.8 Å². The molecule has 1 aromatic carbocycles. The highest BCUT2D eigenvalue weighted by Crippen LogP contribution is 2.31. The first-order valence-electron chi connectivity index (χ1n) is 8.31. The van der Waals surface area contributed by atoms with Gasteiger partial charge in [0.2, 0.25) is 10.0 Å². The molecule has 0 aromatic heterocycles. The molecule has 1 fully saturated rings. The maximum Gasteiger partial charge on any atom is 0.243 e. The number of piperidine rings is 1. The Morgan fingerprint density at radius 3 is 2.32 bits per heavy atom. The smallest absolute Gasteiger partial charge is 0.243 e. The topological polar surface area (TPSA) is 74.3 Å². The maximum absolute atomic E-state index is 12.8. The van der Waals surface area contributed by atoms with E-state index in [1.165, 1.54) is 24.6 Å². The van der Waals surface area contributed by atoms with E-state index >= 15 is 0 Å². The summed E-state index contributed by atoms with van der Waals surface area (Å²) in [5.41, 5.74) is 0. The van der Waals surface area contributed by atoms with Gasteiger partial charge in [-0.3, -0.25) is 0 Å². The minimum Gasteiger partial charge on any atom is -0.493 e. The lowest BCUT2D eigenvalue weighted by Gasteiger charge is -2.31. The molecule has 8 heteroatoms. The Labute approximate surface area is 149 Å². The average Bonchev–Trinajstić information content (AvgIpc) is 2.65. The number of methoxy groups -OCH3 is 3. The van der Waals surface area contributed by atoms with Crippen molar-refractivity contribution < 1.29 is 27.4 Å². The van der Waals surface area contributed by atoms with Gasteiger partial charge in [0.25, 0.3) is 0 Å². The third-order valence-corrected chi connectivity index (χ3v) is 6.25. The minimum atomic E-state index is -3.54.